The monoisotopic (exact) mass is 240 g/mol. The zero-order chi connectivity index (χ0) is 12.0. The van der Waals surface area contributed by atoms with E-state index in [4.69, 9.17) is 0 Å². The molecule has 2 nitrogen and oxygen atoms in total. The lowest BCUT2D eigenvalue weighted by atomic mass is 10.1. The summed E-state index contributed by atoms with van der Waals surface area (Å²) in [6, 6.07) is 2.17. The third-order valence-electron chi connectivity index (χ3n) is 3.79. The van der Waals surface area contributed by atoms with Crippen molar-refractivity contribution in [2.24, 2.45) is 0 Å². The molecule has 0 aromatic heterocycles. The first-order valence-electron chi connectivity index (χ1n) is 6.67. The van der Waals surface area contributed by atoms with Crippen LogP contribution >= 0.6 is 0 Å². The smallest absolute Gasteiger partial charge is 0.0709 e. The Morgan fingerprint density at radius 2 is 2.25 bits per heavy atom. The van der Waals surface area contributed by atoms with Gasteiger partial charge in [-0.3, -0.25) is 4.90 Å². The summed E-state index contributed by atoms with van der Waals surface area (Å²) in [6.07, 6.45) is 2.72. The number of nitrogens with one attached hydrogen (secondary N) is 1. The van der Waals surface area contributed by atoms with Crippen LogP contribution in [-0.4, -0.2) is 45.2 Å². The van der Waals surface area contributed by atoms with Crippen molar-refractivity contribution in [2.75, 3.05) is 26.2 Å². The van der Waals surface area contributed by atoms with Crippen molar-refractivity contribution in [3.8, 4) is 0 Å². The highest BCUT2D eigenvalue weighted by Crippen LogP contribution is 2.17. The molecular weight excluding hydrogens is 212 g/mol. The van der Waals surface area contributed by atoms with Crippen LogP contribution in [0.4, 0.5) is 0 Å². The minimum absolute atomic E-state index is 0.772. The zero-order valence-electron chi connectivity index (χ0n) is 11.3. The van der Waals surface area contributed by atoms with E-state index in [1.165, 1.54) is 38.5 Å². The lowest BCUT2D eigenvalue weighted by molar-refractivity contribution is 0.160. The first kappa shape index (κ1) is 13.9. The van der Waals surface area contributed by atoms with Crippen molar-refractivity contribution in [1.82, 2.24) is 10.2 Å². The number of hydrogen-bond donors (Lipinski definition) is 1. The summed E-state index contributed by atoms with van der Waals surface area (Å²) in [4.78, 5) is 2.62. The van der Waals surface area contributed by atoms with E-state index in [1.54, 1.807) is 0 Å². The molecule has 1 aliphatic rings. The lowest BCUT2D eigenvalue weighted by Crippen LogP contribution is -2.51. The summed E-state index contributed by atoms with van der Waals surface area (Å²) >= 11 is 0. The molecule has 0 spiro atoms. The van der Waals surface area contributed by atoms with Crippen LogP contribution in [0.1, 0.15) is 19.8 Å². The maximum absolute atomic E-state index is 3.97. The molecule has 94 valence electrons. The van der Waals surface area contributed by atoms with E-state index in [9.17, 15) is 0 Å². The first-order valence-corrected chi connectivity index (χ1v) is 9.96. The molecule has 1 fully saturated rings. The van der Waals surface area contributed by atoms with Gasteiger partial charge in [0.2, 0.25) is 0 Å². The molecule has 0 aliphatic carbocycles. The van der Waals surface area contributed by atoms with Crippen LogP contribution in [0, 0.1) is 0 Å². The van der Waals surface area contributed by atoms with Gasteiger partial charge in [-0.05, 0) is 13.0 Å². The van der Waals surface area contributed by atoms with Crippen molar-refractivity contribution in [3.63, 3.8) is 0 Å². The summed E-state index contributed by atoms with van der Waals surface area (Å²) in [6.45, 7) is 15.9. The number of hydrogen-bond acceptors (Lipinski definition) is 2. The van der Waals surface area contributed by atoms with E-state index in [1.807, 2.05) is 0 Å². The Labute approximate surface area is 102 Å². The quantitative estimate of drug-likeness (QED) is 0.718. The zero-order valence-corrected chi connectivity index (χ0v) is 12.3. The highest BCUT2D eigenvalue weighted by Gasteiger charge is 2.22. The molecule has 0 amide bonds. The van der Waals surface area contributed by atoms with Gasteiger partial charge >= 0.3 is 0 Å². The molecule has 1 heterocycles. The molecule has 1 N–H and O–H groups in total. The van der Waals surface area contributed by atoms with Gasteiger partial charge in [-0.25, -0.2) is 0 Å². The van der Waals surface area contributed by atoms with Crippen LogP contribution in [0.5, 0.6) is 0 Å². The molecule has 1 atom stereocenters. The largest absolute Gasteiger partial charge is 0.314 e. The van der Waals surface area contributed by atoms with Gasteiger partial charge < -0.3 is 5.32 Å². The summed E-state index contributed by atoms with van der Waals surface area (Å²) in [7, 11) is -1.07. The lowest BCUT2D eigenvalue weighted by Gasteiger charge is -2.35. The topological polar surface area (TPSA) is 15.3 Å². The average molecular weight is 240 g/mol. The van der Waals surface area contributed by atoms with Crippen molar-refractivity contribution >= 4 is 8.07 Å². The van der Waals surface area contributed by atoms with Crippen LogP contribution in [0.15, 0.2) is 12.3 Å². The van der Waals surface area contributed by atoms with Gasteiger partial charge in [0.25, 0.3) is 0 Å². The van der Waals surface area contributed by atoms with Crippen molar-refractivity contribution in [1.29, 1.82) is 0 Å². The Hall–Kier alpha value is -0.123. The average Bonchev–Trinajstić information content (AvgIpc) is 2.29. The van der Waals surface area contributed by atoms with Crippen LogP contribution < -0.4 is 5.32 Å². The minimum Gasteiger partial charge on any atom is -0.314 e. The van der Waals surface area contributed by atoms with Gasteiger partial charge in [0.05, 0.1) is 8.07 Å². The molecule has 0 radical (unpaired) electrons. The second-order valence-electron chi connectivity index (χ2n) is 5.57. The van der Waals surface area contributed by atoms with E-state index in [2.05, 4.69) is 42.5 Å². The molecule has 1 rings (SSSR count). The SMILES string of the molecule is C=C[Si](C)(C)CCCC1CNCCN1CC. The Morgan fingerprint density at radius 3 is 2.88 bits per heavy atom. The number of likely N-dealkylation sites (N-methyl/N-ethyl adjacent to an activating group) is 1. The number of nitrogens with zero attached hydrogens (tertiary/aromatic N) is 1. The highest BCUT2D eigenvalue weighted by molar-refractivity contribution is 6.82. The van der Waals surface area contributed by atoms with Crippen molar-refractivity contribution < 1.29 is 0 Å². The fraction of sp³-hybridized carbons (Fsp3) is 0.846. The van der Waals surface area contributed by atoms with E-state index >= 15 is 0 Å². The van der Waals surface area contributed by atoms with Crippen LogP contribution in [-0.2, 0) is 0 Å². The van der Waals surface area contributed by atoms with Gasteiger partial charge in [-0.1, -0.05) is 32.5 Å². The molecule has 0 bridgehead atoms. The molecule has 1 saturated heterocycles. The Morgan fingerprint density at radius 1 is 1.50 bits per heavy atom. The van der Waals surface area contributed by atoms with E-state index < -0.39 is 8.07 Å². The van der Waals surface area contributed by atoms with Crippen molar-refractivity contribution in [2.45, 2.75) is 44.9 Å². The third kappa shape index (κ3) is 4.40. The standard InChI is InChI=1S/C13H28N2Si/c1-5-15-10-9-14-12-13(15)8-7-11-16(3,4)6-2/h6,13-14H,2,5,7-12H2,1,3-4H3. The van der Waals surface area contributed by atoms with Gasteiger partial charge in [-0.2, -0.15) is 0 Å². The highest BCUT2D eigenvalue weighted by atomic mass is 28.3. The number of rotatable bonds is 6. The van der Waals surface area contributed by atoms with Gasteiger partial charge in [-0.15, -0.1) is 12.3 Å². The molecular formula is C13H28N2Si. The molecule has 1 unspecified atom stereocenters. The Balaban J connectivity index is 2.27. The molecule has 16 heavy (non-hydrogen) atoms. The third-order valence-corrected chi connectivity index (χ3v) is 6.54. The van der Waals surface area contributed by atoms with Gasteiger partial charge in [0.15, 0.2) is 0 Å². The van der Waals surface area contributed by atoms with E-state index in [0.717, 1.165) is 12.6 Å². The molecule has 1 aliphatic heterocycles. The van der Waals surface area contributed by atoms with Crippen molar-refractivity contribution in [3.05, 3.63) is 12.3 Å². The fourth-order valence-corrected chi connectivity index (χ4v) is 3.72. The molecule has 0 aromatic carbocycles. The number of piperazine rings is 1. The van der Waals surface area contributed by atoms with Gasteiger partial charge in [0.1, 0.15) is 0 Å². The van der Waals surface area contributed by atoms with E-state index in [0.29, 0.717) is 0 Å². The molecule has 0 saturated carbocycles. The Bertz CT molecular complexity index is 216. The predicted molar refractivity (Wildman–Crippen MR) is 75.6 cm³/mol. The molecule has 0 aromatic rings. The fourth-order valence-electron chi connectivity index (χ4n) is 2.40. The maximum Gasteiger partial charge on any atom is 0.0709 e. The van der Waals surface area contributed by atoms with Crippen LogP contribution in [0.25, 0.3) is 0 Å². The maximum atomic E-state index is 3.97. The minimum atomic E-state index is -1.07. The summed E-state index contributed by atoms with van der Waals surface area (Å²) in [5.41, 5.74) is 2.23. The predicted octanol–water partition coefficient (Wildman–Crippen LogP) is 2.49. The van der Waals surface area contributed by atoms with Gasteiger partial charge in [0, 0.05) is 25.7 Å². The van der Waals surface area contributed by atoms with E-state index in [-0.39, 0.29) is 0 Å². The van der Waals surface area contributed by atoms with Crippen LogP contribution in [0.3, 0.4) is 0 Å². The Kier molecular flexibility index (Phi) is 5.73. The second kappa shape index (κ2) is 6.57. The first-order chi connectivity index (χ1) is 7.59. The summed E-state index contributed by atoms with van der Waals surface area (Å²) in [5, 5.41) is 3.51. The summed E-state index contributed by atoms with van der Waals surface area (Å²) in [5.74, 6) is 0. The normalized spacial score (nSPS) is 23.3. The van der Waals surface area contributed by atoms with Crippen LogP contribution in [0.2, 0.25) is 19.1 Å². The second-order valence-corrected chi connectivity index (χ2v) is 10.5. The molecule has 3 heteroatoms. The summed E-state index contributed by atoms with van der Waals surface area (Å²) < 4.78 is 0.